The molecule has 1 unspecified atom stereocenters. The fraction of sp³-hybridized carbons (Fsp3) is 0.442. The Hall–Kier alpha value is -5.35. The molecule has 2 saturated heterocycles. The number of thiophene rings is 1. The molecule has 2 aromatic heterocycles. The molecule has 0 aliphatic carbocycles. The van der Waals surface area contributed by atoms with Gasteiger partial charge in [-0.15, -0.1) is 11.3 Å². The van der Waals surface area contributed by atoms with E-state index in [4.69, 9.17) is 5.41 Å². The van der Waals surface area contributed by atoms with Crippen LogP contribution in [0.1, 0.15) is 102 Å². The summed E-state index contributed by atoms with van der Waals surface area (Å²) in [6, 6.07) is 13.9. The van der Waals surface area contributed by atoms with Crippen molar-refractivity contribution < 1.29 is 27.6 Å². The van der Waals surface area contributed by atoms with Gasteiger partial charge in [-0.25, -0.2) is 8.42 Å². The summed E-state index contributed by atoms with van der Waals surface area (Å²) in [5.74, 6) is -0.695. The van der Waals surface area contributed by atoms with Crippen LogP contribution in [0.5, 0.6) is 0 Å². The second-order valence-corrected chi connectivity index (χ2v) is 18.9. The lowest BCUT2D eigenvalue weighted by atomic mass is 10.0. The van der Waals surface area contributed by atoms with Gasteiger partial charge in [0, 0.05) is 77.5 Å². The average molecular weight is 842 g/mol. The summed E-state index contributed by atoms with van der Waals surface area (Å²) in [5.41, 5.74) is 4.35. The van der Waals surface area contributed by atoms with Gasteiger partial charge >= 0.3 is 0 Å². The lowest BCUT2D eigenvalue weighted by Gasteiger charge is -2.29. The van der Waals surface area contributed by atoms with Crippen LogP contribution in [0.25, 0.3) is 21.2 Å². The molecular weight excluding hydrogens is 791 g/mol. The van der Waals surface area contributed by atoms with Crippen LogP contribution in [-0.2, 0) is 32.5 Å². The number of aromatic nitrogens is 1. The summed E-state index contributed by atoms with van der Waals surface area (Å²) in [7, 11) is -3.02. The lowest BCUT2D eigenvalue weighted by Crippen LogP contribution is -2.52. The predicted octanol–water partition coefficient (Wildman–Crippen LogP) is 5.19. The Morgan fingerprint density at radius 3 is 2.39 bits per heavy atom. The number of piperidine rings is 1. The number of unbranched alkanes of at least 4 members (excludes halogenated alkanes) is 5. The third kappa shape index (κ3) is 9.59. The SMILES string of the molecule is CCn1cc(-c2cccc(C(=O)NCCCCCCCCNc3cccc4c3CN(C3CCC(=O)NC3=O)C4=O)c2)c2sc(C(=N)NC3CCS(=O)(=O)CC3)cc2c1=O. The first-order valence-electron chi connectivity index (χ1n) is 20.5. The Morgan fingerprint density at radius 1 is 0.915 bits per heavy atom. The van der Waals surface area contributed by atoms with Crippen molar-refractivity contribution in [3.8, 4) is 11.1 Å². The van der Waals surface area contributed by atoms with Gasteiger partial charge < -0.3 is 25.4 Å². The van der Waals surface area contributed by atoms with E-state index in [-0.39, 0.29) is 53.1 Å². The van der Waals surface area contributed by atoms with Gasteiger partial charge in [0.05, 0.1) is 21.8 Å². The molecule has 312 valence electrons. The maximum atomic E-state index is 13.4. The number of benzene rings is 2. The molecule has 5 N–H and O–H groups in total. The molecule has 59 heavy (non-hydrogen) atoms. The number of carbonyl (C=O) groups is 4. The Labute approximate surface area is 347 Å². The molecule has 2 aromatic carbocycles. The van der Waals surface area contributed by atoms with Crippen molar-refractivity contribution in [1.29, 1.82) is 5.41 Å². The first-order valence-corrected chi connectivity index (χ1v) is 23.2. The van der Waals surface area contributed by atoms with E-state index in [9.17, 15) is 32.4 Å². The molecule has 4 aromatic rings. The zero-order valence-electron chi connectivity index (χ0n) is 33.2. The Bertz CT molecular complexity index is 2450. The van der Waals surface area contributed by atoms with E-state index in [2.05, 4.69) is 21.3 Å². The topological polar surface area (TPSA) is 200 Å². The molecule has 0 saturated carbocycles. The second-order valence-electron chi connectivity index (χ2n) is 15.5. The van der Waals surface area contributed by atoms with Crippen LogP contribution < -0.4 is 26.8 Å². The second kappa shape index (κ2) is 18.3. The van der Waals surface area contributed by atoms with E-state index in [0.717, 1.165) is 72.1 Å². The molecule has 1 atom stereocenters. The summed E-state index contributed by atoms with van der Waals surface area (Å²) in [5, 5.41) is 21.3. The largest absolute Gasteiger partial charge is 0.385 e. The van der Waals surface area contributed by atoms with Gasteiger partial charge in [0.2, 0.25) is 11.8 Å². The highest BCUT2D eigenvalue weighted by atomic mass is 32.2. The minimum absolute atomic E-state index is 0.0990. The van der Waals surface area contributed by atoms with Gasteiger partial charge in [-0.3, -0.25) is 34.7 Å². The molecule has 2 fully saturated rings. The molecule has 0 spiro atoms. The van der Waals surface area contributed by atoms with E-state index in [0.29, 0.717) is 60.3 Å². The monoisotopic (exact) mass is 841 g/mol. The summed E-state index contributed by atoms with van der Waals surface area (Å²) in [6.07, 6.45) is 9.21. The molecular formula is C43H51N7O7S2. The van der Waals surface area contributed by atoms with Crippen molar-refractivity contribution in [2.24, 2.45) is 0 Å². The third-order valence-electron chi connectivity index (χ3n) is 11.5. The maximum absolute atomic E-state index is 13.4. The number of anilines is 1. The standard InChI is InChI=1S/C43H51N7O7S2/c1-2-49-25-32(38-31(42(49)54)24-36(58-38)39(44)47-29-17-21-59(56,57)22-18-29)27-11-9-12-28(23-27)40(52)46-20-8-6-4-3-5-7-19-45-34-14-10-13-30-33(34)26-50(43(30)55)35-15-16-37(51)48-41(35)53/h9-14,23-25,29,35,45H,2-8,15-22,26H2,1H3,(H2,44,47)(H,46,52)(H,48,51,53). The van der Waals surface area contributed by atoms with Crippen molar-refractivity contribution in [2.75, 3.05) is 29.9 Å². The number of amides is 4. The number of fused-ring (bicyclic) bond motifs is 2. The van der Waals surface area contributed by atoms with E-state index in [1.165, 1.54) is 11.3 Å². The zero-order chi connectivity index (χ0) is 41.7. The van der Waals surface area contributed by atoms with Gasteiger partial charge in [-0.2, -0.15) is 0 Å². The summed E-state index contributed by atoms with van der Waals surface area (Å²) >= 11 is 1.34. The van der Waals surface area contributed by atoms with E-state index in [1.807, 2.05) is 43.5 Å². The first-order chi connectivity index (χ1) is 28.4. The highest BCUT2D eigenvalue weighted by Gasteiger charge is 2.39. The number of pyridine rings is 1. The molecule has 5 heterocycles. The first kappa shape index (κ1) is 41.8. The zero-order valence-corrected chi connectivity index (χ0v) is 34.9. The van der Waals surface area contributed by atoms with Crippen LogP contribution in [0.4, 0.5) is 5.69 Å². The Kier molecular flexibility index (Phi) is 13.0. The van der Waals surface area contributed by atoms with Crippen LogP contribution in [0, 0.1) is 5.41 Å². The quantitative estimate of drug-likeness (QED) is 0.0436. The highest BCUT2D eigenvalue weighted by Crippen LogP contribution is 2.35. The molecule has 7 rings (SSSR count). The summed E-state index contributed by atoms with van der Waals surface area (Å²) in [6.45, 7) is 4.01. The van der Waals surface area contributed by atoms with Crippen molar-refractivity contribution in [2.45, 2.75) is 96.3 Å². The number of hydrogen-bond donors (Lipinski definition) is 5. The number of imide groups is 1. The molecule has 16 heteroatoms. The Balaban J connectivity index is 0.854. The van der Waals surface area contributed by atoms with Crippen LogP contribution in [-0.4, -0.2) is 84.0 Å². The third-order valence-corrected chi connectivity index (χ3v) is 14.4. The number of hydrogen-bond acceptors (Lipinski definition) is 10. The molecule has 14 nitrogen and oxygen atoms in total. The van der Waals surface area contributed by atoms with Crippen molar-refractivity contribution in [3.05, 3.63) is 86.6 Å². The number of nitrogens with zero attached hydrogens (tertiary/aromatic N) is 2. The molecule has 3 aliphatic rings. The van der Waals surface area contributed by atoms with Gasteiger partial charge in [0.1, 0.15) is 21.7 Å². The van der Waals surface area contributed by atoms with Crippen LogP contribution in [0.3, 0.4) is 0 Å². The predicted molar refractivity (Wildman–Crippen MR) is 230 cm³/mol. The maximum Gasteiger partial charge on any atom is 0.259 e. The van der Waals surface area contributed by atoms with Crippen molar-refractivity contribution in [3.63, 3.8) is 0 Å². The number of carbonyl (C=O) groups excluding carboxylic acids is 4. The van der Waals surface area contributed by atoms with Gasteiger partial charge in [0.15, 0.2) is 0 Å². The highest BCUT2D eigenvalue weighted by molar-refractivity contribution is 7.91. The fourth-order valence-corrected chi connectivity index (χ4v) is 10.7. The minimum Gasteiger partial charge on any atom is -0.385 e. The number of rotatable bonds is 16. The van der Waals surface area contributed by atoms with Gasteiger partial charge in [-0.05, 0) is 74.9 Å². The van der Waals surface area contributed by atoms with Crippen LogP contribution in [0.15, 0.2) is 59.5 Å². The summed E-state index contributed by atoms with van der Waals surface area (Å²) < 4.78 is 26.1. The number of nitrogens with one attached hydrogen (secondary N) is 5. The lowest BCUT2D eigenvalue weighted by molar-refractivity contribution is -0.136. The summed E-state index contributed by atoms with van der Waals surface area (Å²) in [4.78, 5) is 65.9. The molecule has 0 radical (unpaired) electrons. The molecule has 4 amide bonds. The number of sulfone groups is 1. The van der Waals surface area contributed by atoms with Crippen molar-refractivity contribution in [1.82, 2.24) is 25.4 Å². The minimum atomic E-state index is -3.02. The molecule has 0 bridgehead atoms. The van der Waals surface area contributed by atoms with Crippen LogP contribution >= 0.6 is 11.3 Å². The normalized spacial score (nSPS) is 17.8. The van der Waals surface area contributed by atoms with E-state index in [1.54, 1.807) is 27.7 Å². The van der Waals surface area contributed by atoms with E-state index >= 15 is 0 Å². The Morgan fingerprint density at radius 2 is 1.64 bits per heavy atom. The number of aryl methyl sites for hydroxylation is 1. The van der Waals surface area contributed by atoms with Crippen LogP contribution in [0.2, 0.25) is 0 Å². The van der Waals surface area contributed by atoms with E-state index < -0.39 is 21.8 Å². The van der Waals surface area contributed by atoms with Crippen molar-refractivity contribution >= 4 is 66.4 Å². The fourth-order valence-electron chi connectivity index (χ4n) is 8.11. The molecule has 3 aliphatic heterocycles. The number of amidine groups is 1. The van der Waals surface area contributed by atoms with Gasteiger partial charge in [0.25, 0.3) is 17.4 Å². The average Bonchev–Trinajstić information content (AvgIpc) is 3.82. The van der Waals surface area contributed by atoms with Gasteiger partial charge in [-0.1, -0.05) is 43.9 Å². The smallest absolute Gasteiger partial charge is 0.259 e.